The Morgan fingerprint density at radius 1 is 1.28 bits per heavy atom. The average Bonchev–Trinajstić information content (AvgIpc) is 2.97. The van der Waals surface area contributed by atoms with E-state index in [0.29, 0.717) is 6.42 Å². The first-order valence-electron chi connectivity index (χ1n) is 8.89. The molecule has 6 heteroatoms. The van der Waals surface area contributed by atoms with Crippen molar-refractivity contribution in [1.29, 1.82) is 0 Å². The number of nitrogens with one attached hydrogen (secondary N) is 1. The molecular weight excluding hydrogens is 320 g/mol. The zero-order valence-corrected chi connectivity index (χ0v) is 14.3. The number of carbonyl (C=O) groups excluding carboxylic acids is 1. The lowest BCUT2D eigenvalue weighted by atomic mass is 10.2. The lowest BCUT2D eigenvalue weighted by Crippen LogP contribution is -2.43. The van der Waals surface area contributed by atoms with Crippen LogP contribution in [-0.4, -0.2) is 67.0 Å². The maximum atomic E-state index is 12.1. The molecular formula is C19H26N2O4. The zero-order valence-electron chi connectivity index (χ0n) is 14.3. The quantitative estimate of drug-likeness (QED) is 0.751. The van der Waals surface area contributed by atoms with Gasteiger partial charge in [0.15, 0.2) is 0 Å². The van der Waals surface area contributed by atoms with Gasteiger partial charge in [-0.05, 0) is 25.0 Å². The molecule has 1 heterocycles. The van der Waals surface area contributed by atoms with Gasteiger partial charge in [-0.15, -0.1) is 0 Å². The first-order valence-corrected chi connectivity index (χ1v) is 8.89. The first kappa shape index (κ1) is 17.9. The molecule has 3 rings (SSSR count). The molecule has 2 aliphatic rings. The second-order valence-electron chi connectivity index (χ2n) is 6.47. The van der Waals surface area contributed by atoms with Gasteiger partial charge in [0.2, 0.25) is 5.91 Å². The Hall–Kier alpha value is -1.89. The SMILES string of the molecule is O=C(/C=C/CN1CCOCC1)N[C@@H]1CC[C@@H](Oc2ccccc2)[C@@H]1O. The monoisotopic (exact) mass is 346 g/mol. The van der Waals surface area contributed by atoms with E-state index in [1.807, 2.05) is 36.4 Å². The number of aliphatic hydroxyl groups excluding tert-OH is 1. The summed E-state index contributed by atoms with van der Waals surface area (Å²) in [7, 11) is 0. The van der Waals surface area contributed by atoms with Gasteiger partial charge in [-0.3, -0.25) is 9.69 Å². The number of amides is 1. The van der Waals surface area contributed by atoms with Crippen molar-refractivity contribution in [1.82, 2.24) is 10.2 Å². The molecule has 0 aromatic heterocycles. The van der Waals surface area contributed by atoms with Gasteiger partial charge in [-0.2, -0.15) is 0 Å². The van der Waals surface area contributed by atoms with E-state index in [-0.39, 0.29) is 18.1 Å². The van der Waals surface area contributed by atoms with Gasteiger partial charge in [-0.25, -0.2) is 0 Å². The number of rotatable bonds is 6. The Labute approximate surface area is 148 Å². The third kappa shape index (κ3) is 5.29. The van der Waals surface area contributed by atoms with Crippen molar-refractivity contribution in [3.8, 4) is 5.75 Å². The highest BCUT2D eigenvalue weighted by Crippen LogP contribution is 2.25. The molecule has 0 unspecified atom stereocenters. The van der Waals surface area contributed by atoms with E-state index in [4.69, 9.17) is 9.47 Å². The highest BCUT2D eigenvalue weighted by molar-refractivity contribution is 5.87. The number of benzene rings is 1. The van der Waals surface area contributed by atoms with Gasteiger partial charge in [0.1, 0.15) is 18.0 Å². The van der Waals surface area contributed by atoms with E-state index in [1.54, 1.807) is 6.08 Å². The number of hydrogen-bond donors (Lipinski definition) is 2. The summed E-state index contributed by atoms with van der Waals surface area (Å²) in [5, 5.41) is 13.3. The Kier molecular flexibility index (Phi) is 6.44. The van der Waals surface area contributed by atoms with Gasteiger partial charge >= 0.3 is 0 Å². The molecule has 25 heavy (non-hydrogen) atoms. The molecule has 1 saturated carbocycles. The van der Waals surface area contributed by atoms with E-state index in [1.165, 1.54) is 0 Å². The Balaban J connectivity index is 1.42. The van der Waals surface area contributed by atoms with Crippen molar-refractivity contribution >= 4 is 5.91 Å². The standard InChI is InChI=1S/C19H26N2O4/c22-18(7-4-10-21-11-13-24-14-12-21)20-16-8-9-17(19(16)23)25-15-5-2-1-3-6-15/h1-7,16-17,19,23H,8-14H2,(H,20,22)/b7-4+/t16-,17-,19-/m1/s1. The van der Waals surface area contributed by atoms with Gasteiger partial charge in [0.25, 0.3) is 0 Å². The van der Waals surface area contributed by atoms with E-state index in [2.05, 4.69) is 10.2 Å². The fourth-order valence-electron chi connectivity index (χ4n) is 3.23. The predicted octanol–water partition coefficient (Wildman–Crippen LogP) is 0.962. The van der Waals surface area contributed by atoms with Crippen LogP contribution in [-0.2, 0) is 9.53 Å². The minimum atomic E-state index is -0.697. The van der Waals surface area contributed by atoms with Gasteiger partial charge in [0, 0.05) is 25.7 Å². The van der Waals surface area contributed by atoms with Crippen LogP contribution in [0.1, 0.15) is 12.8 Å². The summed E-state index contributed by atoms with van der Waals surface area (Å²) in [6.07, 6.45) is 3.86. The molecule has 2 fully saturated rings. The second-order valence-corrected chi connectivity index (χ2v) is 6.47. The van der Waals surface area contributed by atoms with Crippen LogP contribution >= 0.6 is 0 Å². The predicted molar refractivity (Wildman–Crippen MR) is 94.4 cm³/mol. The van der Waals surface area contributed by atoms with Crippen LogP contribution in [0.2, 0.25) is 0 Å². The largest absolute Gasteiger partial charge is 0.488 e. The molecule has 6 nitrogen and oxygen atoms in total. The fourth-order valence-corrected chi connectivity index (χ4v) is 3.23. The summed E-state index contributed by atoms with van der Waals surface area (Å²) in [4.78, 5) is 14.3. The summed E-state index contributed by atoms with van der Waals surface area (Å²) < 4.78 is 11.1. The Bertz CT molecular complexity index is 572. The van der Waals surface area contributed by atoms with Crippen LogP contribution in [0.15, 0.2) is 42.5 Å². The number of hydrogen-bond acceptors (Lipinski definition) is 5. The number of carbonyl (C=O) groups is 1. The Morgan fingerprint density at radius 2 is 2.04 bits per heavy atom. The van der Waals surface area contributed by atoms with Crippen molar-refractivity contribution in [3.63, 3.8) is 0 Å². The summed E-state index contributed by atoms with van der Waals surface area (Å²) in [6.45, 7) is 4.02. The lowest BCUT2D eigenvalue weighted by Gasteiger charge is -2.25. The summed E-state index contributed by atoms with van der Waals surface area (Å²) in [5.74, 6) is 0.571. The van der Waals surface area contributed by atoms with Crippen molar-refractivity contribution in [2.45, 2.75) is 31.1 Å². The maximum absolute atomic E-state index is 12.1. The molecule has 1 saturated heterocycles. The number of nitrogens with zero attached hydrogens (tertiary/aromatic N) is 1. The third-order valence-corrected chi connectivity index (χ3v) is 4.65. The van der Waals surface area contributed by atoms with Crippen molar-refractivity contribution in [3.05, 3.63) is 42.5 Å². The highest BCUT2D eigenvalue weighted by atomic mass is 16.5. The average molecular weight is 346 g/mol. The topological polar surface area (TPSA) is 71.0 Å². The van der Waals surface area contributed by atoms with Gasteiger partial charge < -0.3 is 19.9 Å². The summed E-state index contributed by atoms with van der Waals surface area (Å²) in [6, 6.07) is 9.18. The molecule has 1 aliphatic carbocycles. The van der Waals surface area contributed by atoms with Gasteiger partial charge in [0.05, 0.1) is 19.3 Å². The zero-order chi connectivity index (χ0) is 17.5. The molecule has 1 aromatic carbocycles. The molecule has 1 aliphatic heterocycles. The molecule has 0 radical (unpaired) electrons. The van der Waals surface area contributed by atoms with Gasteiger partial charge in [-0.1, -0.05) is 24.3 Å². The van der Waals surface area contributed by atoms with Crippen LogP contribution in [0.3, 0.4) is 0 Å². The smallest absolute Gasteiger partial charge is 0.244 e. The third-order valence-electron chi connectivity index (χ3n) is 4.65. The van der Waals surface area contributed by atoms with Crippen LogP contribution in [0.5, 0.6) is 5.75 Å². The Morgan fingerprint density at radius 3 is 2.80 bits per heavy atom. The molecule has 2 N–H and O–H groups in total. The highest BCUT2D eigenvalue weighted by Gasteiger charge is 2.36. The molecule has 136 valence electrons. The number of para-hydroxylation sites is 1. The molecule has 3 atom stereocenters. The normalized spacial score (nSPS) is 27.5. The lowest BCUT2D eigenvalue weighted by molar-refractivity contribution is -0.118. The minimum Gasteiger partial charge on any atom is -0.488 e. The van der Waals surface area contributed by atoms with E-state index < -0.39 is 6.10 Å². The molecule has 0 bridgehead atoms. The van der Waals surface area contributed by atoms with E-state index >= 15 is 0 Å². The van der Waals surface area contributed by atoms with Crippen LogP contribution < -0.4 is 10.1 Å². The van der Waals surface area contributed by atoms with Crippen molar-refractivity contribution in [2.75, 3.05) is 32.8 Å². The summed E-state index contributed by atoms with van der Waals surface area (Å²) >= 11 is 0. The number of ether oxygens (including phenoxy) is 2. The van der Waals surface area contributed by atoms with Crippen LogP contribution in [0.25, 0.3) is 0 Å². The molecule has 1 amide bonds. The van der Waals surface area contributed by atoms with Crippen LogP contribution in [0, 0.1) is 0 Å². The maximum Gasteiger partial charge on any atom is 0.244 e. The molecule has 1 aromatic rings. The van der Waals surface area contributed by atoms with E-state index in [9.17, 15) is 9.90 Å². The van der Waals surface area contributed by atoms with E-state index in [0.717, 1.165) is 45.0 Å². The molecule has 0 spiro atoms. The van der Waals surface area contributed by atoms with Crippen molar-refractivity contribution < 1.29 is 19.4 Å². The first-order chi connectivity index (χ1) is 12.2. The number of morpholine rings is 1. The minimum absolute atomic E-state index is 0.169. The summed E-state index contributed by atoms with van der Waals surface area (Å²) in [5.41, 5.74) is 0. The van der Waals surface area contributed by atoms with Crippen molar-refractivity contribution in [2.24, 2.45) is 0 Å². The van der Waals surface area contributed by atoms with Crippen LogP contribution in [0.4, 0.5) is 0 Å². The fraction of sp³-hybridized carbons (Fsp3) is 0.526. The number of aliphatic hydroxyl groups is 1. The second kappa shape index (κ2) is 8.99.